The third kappa shape index (κ3) is 6.24. The smallest absolute Gasteiger partial charge is 0.258 e. The van der Waals surface area contributed by atoms with Crippen molar-refractivity contribution in [3.8, 4) is 0 Å². The predicted molar refractivity (Wildman–Crippen MR) is 110 cm³/mol. The van der Waals surface area contributed by atoms with Gasteiger partial charge in [-0.15, -0.1) is 35.5 Å². The molecule has 0 aromatic carbocycles. The van der Waals surface area contributed by atoms with E-state index in [2.05, 4.69) is 20.5 Å². The zero-order chi connectivity index (χ0) is 17.5. The molecule has 3 rings (SSSR count). The minimum Gasteiger partial charge on any atom is -0.355 e. The van der Waals surface area contributed by atoms with E-state index in [0.29, 0.717) is 23.0 Å². The molecule has 1 fully saturated rings. The number of piperazine rings is 1. The first-order valence-corrected chi connectivity index (χ1v) is 10.5. The lowest BCUT2D eigenvalue weighted by atomic mass is 10.3. The SMILES string of the molecule is Cl.O=C(CSCc1cc(=O)n2ccsc2n1)NCCCN1CCNCC1. The van der Waals surface area contributed by atoms with Gasteiger partial charge < -0.3 is 15.5 Å². The Morgan fingerprint density at radius 3 is 3.00 bits per heavy atom. The second-order valence-corrected chi connectivity index (χ2v) is 7.79. The quantitative estimate of drug-likeness (QED) is 0.619. The van der Waals surface area contributed by atoms with E-state index in [1.165, 1.54) is 33.6 Å². The summed E-state index contributed by atoms with van der Waals surface area (Å²) >= 11 is 2.92. The van der Waals surface area contributed by atoms with Crippen molar-refractivity contribution in [2.75, 3.05) is 45.0 Å². The van der Waals surface area contributed by atoms with Crippen molar-refractivity contribution in [3.63, 3.8) is 0 Å². The number of carbonyl (C=O) groups excluding carboxylic acids is 1. The first kappa shape index (κ1) is 21.2. The van der Waals surface area contributed by atoms with E-state index in [1.807, 2.05) is 5.38 Å². The summed E-state index contributed by atoms with van der Waals surface area (Å²) < 4.78 is 1.53. The average Bonchev–Trinajstić information content (AvgIpc) is 3.09. The second-order valence-electron chi connectivity index (χ2n) is 5.93. The number of halogens is 1. The van der Waals surface area contributed by atoms with Crippen molar-refractivity contribution in [3.05, 3.63) is 33.7 Å². The van der Waals surface area contributed by atoms with E-state index in [4.69, 9.17) is 0 Å². The molecule has 2 N–H and O–H groups in total. The molecular weight excluding hydrogens is 394 g/mol. The van der Waals surface area contributed by atoms with Crippen LogP contribution in [0.4, 0.5) is 0 Å². The van der Waals surface area contributed by atoms with E-state index < -0.39 is 0 Å². The molecule has 26 heavy (non-hydrogen) atoms. The molecular formula is C16H24ClN5O2S2. The van der Waals surface area contributed by atoms with Gasteiger partial charge in [0.1, 0.15) is 0 Å². The summed E-state index contributed by atoms with van der Waals surface area (Å²) in [6.07, 6.45) is 2.70. The standard InChI is InChI=1S/C16H23N5O2S2.ClH/c22-14(18-2-1-5-20-6-3-17-4-7-20)12-24-11-13-10-15(23)21-8-9-25-16(21)19-13;/h8-10,17H,1-7,11-12H2,(H,18,22);1H. The van der Waals surface area contributed by atoms with Crippen LogP contribution in [0.15, 0.2) is 22.4 Å². The van der Waals surface area contributed by atoms with Crippen LogP contribution in [-0.2, 0) is 10.5 Å². The summed E-state index contributed by atoms with van der Waals surface area (Å²) in [5.41, 5.74) is 0.656. The highest BCUT2D eigenvalue weighted by Crippen LogP contribution is 2.12. The maximum absolute atomic E-state index is 11.9. The lowest BCUT2D eigenvalue weighted by Gasteiger charge is -2.27. The molecule has 2 aromatic heterocycles. The number of fused-ring (bicyclic) bond motifs is 1. The first-order valence-electron chi connectivity index (χ1n) is 8.46. The summed E-state index contributed by atoms with van der Waals surface area (Å²) in [4.78, 5) is 31.3. The summed E-state index contributed by atoms with van der Waals surface area (Å²) in [6, 6.07) is 1.54. The molecule has 0 aliphatic carbocycles. The van der Waals surface area contributed by atoms with Crippen molar-refractivity contribution in [1.29, 1.82) is 0 Å². The average molecular weight is 418 g/mol. The van der Waals surface area contributed by atoms with Gasteiger partial charge in [0.2, 0.25) is 5.91 Å². The number of aromatic nitrogens is 2. The summed E-state index contributed by atoms with van der Waals surface area (Å²) in [6.45, 7) is 6.03. The number of thioether (sulfide) groups is 1. The summed E-state index contributed by atoms with van der Waals surface area (Å²) in [7, 11) is 0. The summed E-state index contributed by atoms with van der Waals surface area (Å²) in [5, 5.41) is 8.13. The lowest BCUT2D eigenvalue weighted by Crippen LogP contribution is -2.44. The van der Waals surface area contributed by atoms with Crippen LogP contribution >= 0.6 is 35.5 Å². The van der Waals surface area contributed by atoms with Gasteiger partial charge in [0, 0.05) is 56.1 Å². The fourth-order valence-electron chi connectivity index (χ4n) is 2.73. The Bertz CT molecular complexity index is 760. The molecule has 0 spiro atoms. The lowest BCUT2D eigenvalue weighted by molar-refractivity contribution is -0.118. The van der Waals surface area contributed by atoms with E-state index in [1.54, 1.807) is 6.20 Å². The van der Waals surface area contributed by atoms with Gasteiger partial charge in [-0.1, -0.05) is 0 Å². The Morgan fingerprint density at radius 1 is 1.38 bits per heavy atom. The van der Waals surface area contributed by atoms with Crippen molar-refractivity contribution in [2.45, 2.75) is 12.2 Å². The zero-order valence-corrected chi connectivity index (χ0v) is 16.9. The van der Waals surface area contributed by atoms with Crippen molar-refractivity contribution < 1.29 is 4.79 Å². The Labute approximate surface area is 167 Å². The Balaban J connectivity index is 0.00000243. The first-order chi connectivity index (χ1) is 12.2. The van der Waals surface area contributed by atoms with Crippen molar-refractivity contribution in [2.24, 2.45) is 0 Å². The predicted octanol–water partition coefficient (Wildman–Crippen LogP) is 0.822. The van der Waals surface area contributed by atoms with Gasteiger partial charge in [-0.25, -0.2) is 4.98 Å². The number of hydrogen-bond acceptors (Lipinski definition) is 7. The molecule has 0 radical (unpaired) electrons. The molecule has 1 amide bonds. The zero-order valence-electron chi connectivity index (χ0n) is 14.5. The molecule has 0 atom stereocenters. The highest BCUT2D eigenvalue weighted by Gasteiger charge is 2.09. The van der Waals surface area contributed by atoms with Crippen LogP contribution in [0.5, 0.6) is 0 Å². The van der Waals surface area contributed by atoms with Crippen LogP contribution in [0.2, 0.25) is 0 Å². The molecule has 10 heteroatoms. The van der Waals surface area contributed by atoms with E-state index >= 15 is 0 Å². The van der Waals surface area contributed by atoms with Gasteiger partial charge in [-0.3, -0.25) is 14.0 Å². The molecule has 0 saturated carbocycles. The Hall–Kier alpha value is -1.13. The van der Waals surface area contributed by atoms with Crippen molar-refractivity contribution in [1.82, 2.24) is 24.9 Å². The van der Waals surface area contributed by atoms with Gasteiger partial charge in [-0.2, -0.15) is 0 Å². The maximum atomic E-state index is 11.9. The van der Waals surface area contributed by atoms with E-state index in [0.717, 1.165) is 44.8 Å². The van der Waals surface area contributed by atoms with Crippen LogP contribution < -0.4 is 16.2 Å². The number of nitrogens with zero attached hydrogens (tertiary/aromatic N) is 3. The molecule has 1 saturated heterocycles. The van der Waals surface area contributed by atoms with Gasteiger partial charge in [0.05, 0.1) is 11.4 Å². The van der Waals surface area contributed by atoms with Crippen molar-refractivity contribution >= 4 is 46.4 Å². The minimum atomic E-state index is -0.0702. The Kier molecular flexibility index (Phi) is 8.86. The summed E-state index contributed by atoms with van der Waals surface area (Å²) in [5.74, 6) is 0.996. The van der Waals surface area contributed by atoms with E-state index in [-0.39, 0.29) is 23.9 Å². The topological polar surface area (TPSA) is 78.7 Å². The van der Waals surface area contributed by atoms with E-state index in [9.17, 15) is 9.59 Å². The number of rotatable bonds is 8. The van der Waals surface area contributed by atoms with Crippen LogP contribution in [0.25, 0.3) is 4.96 Å². The highest BCUT2D eigenvalue weighted by atomic mass is 35.5. The second kappa shape index (κ2) is 10.9. The highest BCUT2D eigenvalue weighted by molar-refractivity contribution is 7.99. The maximum Gasteiger partial charge on any atom is 0.258 e. The van der Waals surface area contributed by atoms with Gasteiger partial charge in [0.15, 0.2) is 4.96 Å². The molecule has 144 valence electrons. The Morgan fingerprint density at radius 2 is 2.19 bits per heavy atom. The number of thiazole rings is 1. The number of hydrogen-bond donors (Lipinski definition) is 2. The fraction of sp³-hybridized carbons (Fsp3) is 0.562. The molecule has 1 aliphatic heterocycles. The molecule has 0 bridgehead atoms. The number of nitrogens with one attached hydrogen (secondary N) is 2. The van der Waals surface area contributed by atoms with Crippen LogP contribution in [-0.4, -0.2) is 65.2 Å². The van der Waals surface area contributed by atoms with Gasteiger partial charge in [-0.05, 0) is 13.0 Å². The normalized spacial score (nSPS) is 14.9. The molecule has 7 nitrogen and oxygen atoms in total. The molecule has 2 aromatic rings. The monoisotopic (exact) mass is 417 g/mol. The van der Waals surface area contributed by atoms with Gasteiger partial charge >= 0.3 is 0 Å². The van der Waals surface area contributed by atoms with Crippen LogP contribution in [0.1, 0.15) is 12.1 Å². The van der Waals surface area contributed by atoms with Crippen LogP contribution in [0.3, 0.4) is 0 Å². The third-order valence-electron chi connectivity index (χ3n) is 4.02. The third-order valence-corrected chi connectivity index (χ3v) is 5.75. The largest absolute Gasteiger partial charge is 0.355 e. The number of amides is 1. The molecule has 0 unspecified atom stereocenters. The molecule has 1 aliphatic rings. The van der Waals surface area contributed by atoms with Gasteiger partial charge in [0.25, 0.3) is 5.56 Å². The number of carbonyl (C=O) groups is 1. The fourth-order valence-corrected chi connectivity index (χ4v) is 4.21. The molecule has 3 heterocycles. The van der Waals surface area contributed by atoms with Crippen LogP contribution in [0, 0.1) is 0 Å². The minimum absolute atomic E-state index is 0.